The van der Waals surface area contributed by atoms with Crippen molar-refractivity contribution in [3.63, 3.8) is 0 Å². The van der Waals surface area contributed by atoms with Crippen LogP contribution in [0.15, 0.2) is 11.2 Å². The summed E-state index contributed by atoms with van der Waals surface area (Å²) in [6.07, 6.45) is 0. The minimum atomic E-state index is -0.736. The second-order valence-corrected chi connectivity index (χ2v) is 5.39. The monoisotopic (exact) mass is 268 g/mol. The Morgan fingerprint density at radius 3 is 2.44 bits per heavy atom. The zero-order chi connectivity index (χ0) is 13.8. The smallest absolute Gasteiger partial charge is 0.238 e. The van der Waals surface area contributed by atoms with E-state index in [-0.39, 0.29) is 5.91 Å². The Morgan fingerprint density at radius 1 is 1.44 bits per heavy atom. The SMILES string of the molecule is CCNC(C)(CSc1nc(C)cc(C)n1)C(N)=O. The average Bonchev–Trinajstić information content (AvgIpc) is 2.25. The first-order valence-corrected chi connectivity index (χ1v) is 6.86. The number of aromatic nitrogens is 2. The second-order valence-electron chi connectivity index (χ2n) is 4.45. The fourth-order valence-electron chi connectivity index (χ4n) is 1.57. The molecule has 0 bridgehead atoms. The lowest BCUT2D eigenvalue weighted by atomic mass is 10.1. The molecule has 5 nitrogen and oxygen atoms in total. The lowest BCUT2D eigenvalue weighted by molar-refractivity contribution is -0.122. The lowest BCUT2D eigenvalue weighted by Crippen LogP contribution is -2.55. The lowest BCUT2D eigenvalue weighted by Gasteiger charge is -2.26. The van der Waals surface area contributed by atoms with Crippen LogP contribution in [-0.4, -0.2) is 33.7 Å². The van der Waals surface area contributed by atoms with Crippen molar-refractivity contribution in [1.29, 1.82) is 0 Å². The van der Waals surface area contributed by atoms with Gasteiger partial charge in [-0.3, -0.25) is 4.79 Å². The number of nitrogens with zero attached hydrogens (tertiary/aromatic N) is 2. The molecule has 100 valence electrons. The van der Waals surface area contributed by atoms with Crippen molar-refractivity contribution in [3.05, 3.63) is 17.5 Å². The summed E-state index contributed by atoms with van der Waals surface area (Å²) in [6.45, 7) is 8.29. The topological polar surface area (TPSA) is 80.9 Å². The standard InChI is InChI=1S/C12H20N4OS/c1-5-14-12(4,10(13)17)7-18-11-15-8(2)6-9(3)16-11/h6,14H,5,7H2,1-4H3,(H2,13,17). The van der Waals surface area contributed by atoms with Crippen LogP contribution in [0.25, 0.3) is 0 Å². The van der Waals surface area contributed by atoms with E-state index in [1.807, 2.05) is 26.8 Å². The zero-order valence-electron chi connectivity index (χ0n) is 11.3. The Labute approximate surface area is 112 Å². The van der Waals surface area contributed by atoms with Gasteiger partial charge in [0, 0.05) is 17.1 Å². The maximum absolute atomic E-state index is 11.5. The van der Waals surface area contributed by atoms with Crippen molar-refractivity contribution < 1.29 is 4.79 Å². The molecule has 0 aliphatic rings. The number of primary amides is 1. The summed E-state index contributed by atoms with van der Waals surface area (Å²) < 4.78 is 0. The maximum atomic E-state index is 11.5. The van der Waals surface area contributed by atoms with Crippen LogP contribution in [0.3, 0.4) is 0 Å². The third-order valence-electron chi connectivity index (χ3n) is 2.56. The molecule has 1 heterocycles. The summed E-state index contributed by atoms with van der Waals surface area (Å²) in [5.41, 5.74) is 6.54. The van der Waals surface area contributed by atoms with Crippen LogP contribution >= 0.6 is 11.8 Å². The molecule has 1 unspecified atom stereocenters. The number of likely N-dealkylation sites (N-methyl/N-ethyl adjacent to an activating group) is 1. The van der Waals surface area contributed by atoms with Crippen LogP contribution in [0.1, 0.15) is 25.2 Å². The highest BCUT2D eigenvalue weighted by molar-refractivity contribution is 7.99. The fourth-order valence-corrected chi connectivity index (χ4v) is 2.65. The van der Waals surface area contributed by atoms with Gasteiger partial charge >= 0.3 is 0 Å². The number of thioether (sulfide) groups is 1. The molecule has 3 N–H and O–H groups in total. The first-order chi connectivity index (χ1) is 8.37. The summed E-state index contributed by atoms with van der Waals surface area (Å²) in [7, 11) is 0. The van der Waals surface area contributed by atoms with E-state index in [1.54, 1.807) is 6.92 Å². The summed E-state index contributed by atoms with van der Waals surface area (Å²) in [5.74, 6) is 0.153. The van der Waals surface area contributed by atoms with Crippen molar-refractivity contribution >= 4 is 17.7 Å². The summed E-state index contributed by atoms with van der Waals surface area (Å²) >= 11 is 1.44. The molecule has 0 spiro atoms. The van der Waals surface area contributed by atoms with Crippen molar-refractivity contribution in [1.82, 2.24) is 15.3 Å². The average molecular weight is 268 g/mol. The van der Waals surface area contributed by atoms with Gasteiger partial charge in [-0.15, -0.1) is 0 Å². The Balaban J connectivity index is 2.76. The molecule has 1 aromatic rings. The molecule has 0 aliphatic carbocycles. The molecule has 18 heavy (non-hydrogen) atoms. The number of carbonyl (C=O) groups excluding carboxylic acids is 1. The molecule has 0 radical (unpaired) electrons. The van der Waals surface area contributed by atoms with Gasteiger partial charge in [-0.25, -0.2) is 9.97 Å². The third-order valence-corrected chi connectivity index (χ3v) is 3.72. The van der Waals surface area contributed by atoms with E-state index in [4.69, 9.17) is 5.73 Å². The largest absolute Gasteiger partial charge is 0.368 e. The molecule has 6 heteroatoms. The van der Waals surface area contributed by atoms with Crippen LogP contribution in [-0.2, 0) is 4.79 Å². The highest BCUT2D eigenvalue weighted by Gasteiger charge is 2.30. The Kier molecular flexibility index (Phi) is 5.10. The highest BCUT2D eigenvalue weighted by atomic mass is 32.2. The van der Waals surface area contributed by atoms with Crippen LogP contribution in [0, 0.1) is 13.8 Å². The number of carbonyl (C=O) groups is 1. The number of rotatable bonds is 6. The molecule has 0 aliphatic heterocycles. The van der Waals surface area contributed by atoms with Gasteiger partial charge in [0.1, 0.15) is 5.54 Å². The number of hydrogen-bond donors (Lipinski definition) is 2. The molecule has 0 saturated heterocycles. The minimum Gasteiger partial charge on any atom is -0.368 e. The first-order valence-electron chi connectivity index (χ1n) is 5.87. The Bertz CT molecular complexity index is 418. The minimum absolute atomic E-state index is 0.360. The van der Waals surface area contributed by atoms with Gasteiger partial charge in [-0.2, -0.15) is 0 Å². The molecule has 0 aromatic carbocycles. The second kappa shape index (κ2) is 6.15. The van der Waals surface area contributed by atoms with E-state index in [1.165, 1.54) is 11.8 Å². The molecule has 1 aromatic heterocycles. The van der Waals surface area contributed by atoms with E-state index < -0.39 is 5.54 Å². The van der Waals surface area contributed by atoms with E-state index in [9.17, 15) is 4.79 Å². The number of nitrogens with two attached hydrogens (primary N) is 1. The highest BCUT2D eigenvalue weighted by Crippen LogP contribution is 2.20. The summed E-state index contributed by atoms with van der Waals surface area (Å²) in [5, 5.41) is 3.79. The number of amides is 1. The van der Waals surface area contributed by atoms with Gasteiger partial charge in [0.2, 0.25) is 5.91 Å². The molecule has 1 atom stereocenters. The summed E-state index contributed by atoms with van der Waals surface area (Å²) in [4.78, 5) is 20.1. The van der Waals surface area contributed by atoms with E-state index in [0.717, 1.165) is 11.4 Å². The van der Waals surface area contributed by atoms with Gasteiger partial charge in [-0.05, 0) is 33.4 Å². The molecule has 1 amide bonds. The number of hydrogen-bond acceptors (Lipinski definition) is 5. The molecular formula is C12H20N4OS. The molecule has 1 rings (SSSR count). The quantitative estimate of drug-likeness (QED) is 0.595. The van der Waals surface area contributed by atoms with Crippen LogP contribution < -0.4 is 11.1 Å². The molecule has 0 fully saturated rings. The van der Waals surface area contributed by atoms with E-state index >= 15 is 0 Å². The summed E-state index contributed by atoms with van der Waals surface area (Å²) in [6, 6.07) is 1.92. The zero-order valence-corrected chi connectivity index (χ0v) is 12.1. The Hall–Kier alpha value is -1.14. The maximum Gasteiger partial charge on any atom is 0.238 e. The van der Waals surface area contributed by atoms with Crippen molar-refractivity contribution in [3.8, 4) is 0 Å². The number of aryl methyl sites for hydroxylation is 2. The van der Waals surface area contributed by atoms with Gasteiger partial charge < -0.3 is 11.1 Å². The number of nitrogens with one attached hydrogen (secondary N) is 1. The molecule has 0 saturated carbocycles. The molecular weight excluding hydrogens is 248 g/mol. The van der Waals surface area contributed by atoms with Gasteiger partial charge in [-0.1, -0.05) is 18.7 Å². The van der Waals surface area contributed by atoms with Crippen molar-refractivity contribution in [2.75, 3.05) is 12.3 Å². The van der Waals surface area contributed by atoms with Gasteiger partial charge in [0.25, 0.3) is 0 Å². The van der Waals surface area contributed by atoms with E-state index in [0.29, 0.717) is 17.5 Å². The predicted octanol–water partition coefficient (Wildman–Crippen LogP) is 1.04. The normalized spacial score (nSPS) is 14.2. The van der Waals surface area contributed by atoms with Gasteiger partial charge in [0.15, 0.2) is 5.16 Å². The van der Waals surface area contributed by atoms with Gasteiger partial charge in [0.05, 0.1) is 0 Å². The van der Waals surface area contributed by atoms with Crippen LogP contribution in [0.4, 0.5) is 0 Å². The fraction of sp³-hybridized carbons (Fsp3) is 0.583. The van der Waals surface area contributed by atoms with Crippen LogP contribution in [0.5, 0.6) is 0 Å². The van der Waals surface area contributed by atoms with E-state index in [2.05, 4.69) is 15.3 Å². The Morgan fingerprint density at radius 2 is 2.00 bits per heavy atom. The van der Waals surface area contributed by atoms with Crippen LogP contribution in [0.2, 0.25) is 0 Å². The predicted molar refractivity (Wildman–Crippen MR) is 73.5 cm³/mol. The third kappa shape index (κ3) is 3.96. The van der Waals surface area contributed by atoms with Crippen molar-refractivity contribution in [2.24, 2.45) is 5.73 Å². The van der Waals surface area contributed by atoms with Crippen molar-refractivity contribution in [2.45, 2.75) is 38.4 Å². The first kappa shape index (κ1) is 14.9.